The summed E-state index contributed by atoms with van der Waals surface area (Å²) in [5.74, 6) is -31.8. The second-order valence-electron chi connectivity index (χ2n) is 8.38. The monoisotopic (exact) mass is 940 g/mol. The van der Waals surface area contributed by atoms with Crippen LogP contribution in [-0.4, -0.2) is 111 Å². The first kappa shape index (κ1) is 62.1. The Bertz CT molecular complexity index is 1240. The van der Waals surface area contributed by atoms with Gasteiger partial charge >= 0.3 is 149 Å². The van der Waals surface area contributed by atoms with E-state index in [0.717, 1.165) is 0 Å². The second kappa shape index (κ2) is 20.3. The van der Waals surface area contributed by atoms with Crippen molar-refractivity contribution in [3.8, 4) is 0 Å². The van der Waals surface area contributed by atoms with Crippen LogP contribution in [0.5, 0.6) is 0 Å². The third kappa shape index (κ3) is 21.1. The smallest absolute Gasteiger partial charge is 0.578 e. The maximum absolute atomic E-state index is 12.1. The molecule has 0 saturated heterocycles. The Labute approximate surface area is 330 Å². The number of hydrogen-bond acceptors (Lipinski definition) is 16. The number of halogens is 24. The fraction of sp³-hybridized carbons (Fsp3) is 0.500. The van der Waals surface area contributed by atoms with Gasteiger partial charge in [0.25, 0.3) is 0 Å². The van der Waals surface area contributed by atoms with E-state index in [1.54, 1.807) is 0 Å². The van der Waals surface area contributed by atoms with Gasteiger partial charge in [0.2, 0.25) is 0 Å². The Morgan fingerprint density at radius 2 is 0.283 bits per heavy atom. The van der Waals surface area contributed by atoms with Crippen LogP contribution in [0.4, 0.5) is 105 Å². The van der Waals surface area contributed by atoms with Crippen LogP contribution in [0.15, 0.2) is 0 Å². The average Bonchev–Trinajstić information content (AvgIpc) is 2.93. The molecule has 0 atom stereocenters. The number of rotatable bonds is 8. The summed E-state index contributed by atoms with van der Waals surface area (Å²) in [5.41, 5.74) is 0. The maximum Gasteiger partial charge on any atom is 1.00 e. The maximum atomic E-state index is 12.1. The van der Waals surface area contributed by atoms with E-state index in [1.807, 2.05) is 0 Å². The molecule has 0 amide bonds. The van der Waals surface area contributed by atoms with Crippen molar-refractivity contribution >= 4 is 61.7 Å². The molecule has 0 aromatic carbocycles. The molecular formula is C16B2F24Li2O16. The Kier molecular flexibility index (Phi) is 21.0. The van der Waals surface area contributed by atoms with Crippen molar-refractivity contribution in [3.05, 3.63) is 0 Å². The van der Waals surface area contributed by atoms with Crippen LogP contribution in [-0.2, 0) is 75.6 Å². The minimum atomic E-state index is -6.72. The van der Waals surface area contributed by atoms with Gasteiger partial charge in [0.05, 0.1) is 0 Å². The van der Waals surface area contributed by atoms with E-state index in [2.05, 4.69) is 37.2 Å². The number of hydrogen-bond donors (Lipinski definition) is 0. The summed E-state index contributed by atoms with van der Waals surface area (Å²) in [6.07, 6.45) is -51.2. The Morgan fingerprint density at radius 3 is 0.333 bits per heavy atom. The minimum absolute atomic E-state index is 0. The summed E-state index contributed by atoms with van der Waals surface area (Å²) in [7, 11) is 0. The van der Waals surface area contributed by atoms with Gasteiger partial charge in [-0.1, -0.05) is 0 Å². The molecule has 0 radical (unpaired) electrons. The largest absolute Gasteiger partial charge is 1.00 e. The van der Waals surface area contributed by atoms with E-state index in [0.29, 0.717) is 0 Å². The first-order valence-electron chi connectivity index (χ1n) is 11.7. The Balaban J connectivity index is -0.000000506. The van der Waals surface area contributed by atoms with Crippen molar-refractivity contribution in [2.45, 2.75) is 49.4 Å². The first-order chi connectivity index (χ1) is 25.0. The molecule has 0 heterocycles. The van der Waals surface area contributed by atoms with Gasteiger partial charge in [-0.25, -0.2) is 38.4 Å². The zero-order chi connectivity index (χ0) is 47.3. The van der Waals surface area contributed by atoms with Crippen molar-refractivity contribution in [2.75, 3.05) is 0 Å². The topological polar surface area (TPSA) is 210 Å². The predicted octanol–water partition coefficient (Wildman–Crippen LogP) is -2.30. The third-order valence-corrected chi connectivity index (χ3v) is 3.86. The van der Waals surface area contributed by atoms with E-state index >= 15 is 0 Å². The van der Waals surface area contributed by atoms with E-state index < -0.39 is 111 Å². The fourth-order valence-electron chi connectivity index (χ4n) is 1.87. The molecule has 16 nitrogen and oxygen atoms in total. The number of alkyl halides is 24. The van der Waals surface area contributed by atoms with Gasteiger partial charge in [0.1, 0.15) is 0 Å². The van der Waals surface area contributed by atoms with Crippen LogP contribution < -0.4 is 37.7 Å². The van der Waals surface area contributed by atoms with Gasteiger partial charge in [0.15, 0.2) is 0 Å². The van der Waals surface area contributed by atoms with Crippen molar-refractivity contribution in [3.63, 3.8) is 0 Å². The van der Waals surface area contributed by atoms with Crippen LogP contribution in [0.2, 0.25) is 0 Å². The van der Waals surface area contributed by atoms with Gasteiger partial charge in [-0.15, -0.1) is 0 Å². The molecule has 0 bridgehead atoms. The van der Waals surface area contributed by atoms with E-state index in [1.165, 1.54) is 0 Å². The molecule has 0 N–H and O–H groups in total. The van der Waals surface area contributed by atoms with Crippen molar-refractivity contribution in [1.29, 1.82) is 0 Å². The van der Waals surface area contributed by atoms with E-state index in [4.69, 9.17) is 0 Å². The molecular weight excluding hydrogens is 940 g/mol. The Morgan fingerprint density at radius 1 is 0.217 bits per heavy atom. The summed E-state index contributed by atoms with van der Waals surface area (Å²) in [4.78, 5) is 85.0. The van der Waals surface area contributed by atoms with Crippen LogP contribution >= 0.6 is 0 Å². The molecule has 0 aliphatic carbocycles. The zero-order valence-electron chi connectivity index (χ0n) is 26.8. The van der Waals surface area contributed by atoms with Gasteiger partial charge in [0, 0.05) is 0 Å². The van der Waals surface area contributed by atoms with Crippen LogP contribution in [0, 0.1) is 0 Å². The first-order valence-corrected chi connectivity index (χ1v) is 11.7. The fourth-order valence-corrected chi connectivity index (χ4v) is 1.87. The van der Waals surface area contributed by atoms with Crippen LogP contribution in [0.1, 0.15) is 0 Å². The molecule has 0 spiro atoms. The quantitative estimate of drug-likeness (QED) is 0.185. The molecule has 0 unspecified atom stereocenters. The molecule has 336 valence electrons. The summed E-state index contributed by atoms with van der Waals surface area (Å²) in [6, 6.07) is 0. The van der Waals surface area contributed by atoms with E-state index in [-0.39, 0.29) is 37.7 Å². The molecule has 0 rings (SSSR count). The van der Waals surface area contributed by atoms with Crippen LogP contribution in [0.3, 0.4) is 0 Å². The van der Waals surface area contributed by atoms with Gasteiger partial charge < -0.3 is 37.2 Å². The summed E-state index contributed by atoms with van der Waals surface area (Å²) in [6.45, 7) is -13.4. The van der Waals surface area contributed by atoms with Crippen molar-refractivity contribution in [2.24, 2.45) is 0 Å². The molecule has 0 aliphatic heterocycles. The molecule has 0 fully saturated rings. The number of carbonyl (C=O) groups is 8. The van der Waals surface area contributed by atoms with Gasteiger partial charge in [-0.3, -0.25) is 0 Å². The molecule has 60 heavy (non-hydrogen) atoms. The third-order valence-electron chi connectivity index (χ3n) is 3.86. The minimum Gasteiger partial charge on any atom is -0.578 e. The predicted molar refractivity (Wildman–Crippen MR) is 109 cm³/mol. The normalized spacial score (nSPS) is 12.9. The average molecular weight is 940 g/mol. The molecule has 0 aromatic heterocycles. The summed E-state index contributed by atoms with van der Waals surface area (Å²) < 4.78 is 313. The molecule has 0 aromatic rings. The zero-order valence-corrected chi connectivity index (χ0v) is 26.8. The SMILES string of the molecule is O=C(O[B-](OC(=O)C(F)(F)F)(OC(=O)C(F)(F)F)OC(=O)C(F)(F)F)C(F)(F)F.O=C(O[B-](OC(=O)C(F)(F)F)(OC(=O)C(F)(F)F)OC(=O)C(F)(F)F)C(F)(F)F.[Li+].[Li+]. The molecule has 44 heteroatoms. The van der Waals surface area contributed by atoms with Gasteiger partial charge in [-0.05, 0) is 0 Å². The summed E-state index contributed by atoms with van der Waals surface area (Å²) in [5, 5.41) is 0. The number of carbonyl (C=O) groups excluding carboxylic acids is 8. The van der Waals surface area contributed by atoms with E-state index in [9.17, 15) is 144 Å². The van der Waals surface area contributed by atoms with Crippen molar-refractivity contribution < 1.29 is 219 Å². The van der Waals surface area contributed by atoms with Crippen molar-refractivity contribution in [1.82, 2.24) is 0 Å². The Hall–Kier alpha value is -4.60. The summed E-state index contributed by atoms with van der Waals surface area (Å²) >= 11 is 0. The van der Waals surface area contributed by atoms with Gasteiger partial charge in [-0.2, -0.15) is 105 Å². The standard InChI is InChI=1S/2C8BF12O8.2Li/c2*10-5(11,12)1(22)26-9(27-2(23)6(13,14)15,28-3(24)7(16,17)18)29-4(25)8(19,20)21;;/q2*-1;2*+1. The molecule has 0 saturated carbocycles. The van der Waals surface area contributed by atoms with Crippen LogP contribution in [0.25, 0.3) is 0 Å². The molecule has 0 aliphatic rings. The second-order valence-corrected chi connectivity index (χ2v) is 8.38.